The highest BCUT2D eigenvalue weighted by Gasteiger charge is 2.55. The first kappa shape index (κ1) is 20.0. The third kappa shape index (κ3) is 5.22. The summed E-state index contributed by atoms with van der Waals surface area (Å²) in [7, 11) is 0. The van der Waals surface area contributed by atoms with Gasteiger partial charge in [-0.15, -0.1) is 0 Å². The van der Waals surface area contributed by atoms with E-state index in [1.54, 1.807) is 0 Å². The summed E-state index contributed by atoms with van der Waals surface area (Å²) in [5.74, 6) is -0.537. The summed E-state index contributed by atoms with van der Waals surface area (Å²) in [5, 5.41) is 0. The lowest BCUT2D eigenvalue weighted by Gasteiger charge is -2.40. The average Bonchev–Trinajstić information content (AvgIpc) is 2.43. The standard InChI is InChI=1S/C19H34O4/c1-13(2)12-19(17(20)22-14(3)4,18(21)23-15(5)6)16-10-8-7-9-11-16/h13-16H,7-12H2,1-6H3. The van der Waals surface area contributed by atoms with E-state index in [-0.39, 0.29) is 24.0 Å². The Morgan fingerprint density at radius 2 is 1.30 bits per heavy atom. The van der Waals surface area contributed by atoms with Gasteiger partial charge in [0.25, 0.3) is 0 Å². The number of hydrogen-bond acceptors (Lipinski definition) is 4. The molecule has 0 amide bonds. The van der Waals surface area contributed by atoms with Crippen LogP contribution in [0.15, 0.2) is 0 Å². The molecule has 0 aromatic rings. The summed E-state index contributed by atoms with van der Waals surface area (Å²) in [6.45, 7) is 11.4. The molecule has 0 aliphatic heterocycles. The lowest BCUT2D eigenvalue weighted by atomic mass is 9.65. The first-order valence-electron chi connectivity index (χ1n) is 9.12. The second-order valence-corrected chi connectivity index (χ2v) is 7.81. The number of rotatable bonds is 7. The molecule has 4 nitrogen and oxygen atoms in total. The van der Waals surface area contributed by atoms with E-state index in [9.17, 15) is 9.59 Å². The molecule has 0 aromatic carbocycles. The molecule has 0 saturated heterocycles. The quantitative estimate of drug-likeness (QED) is 0.510. The fourth-order valence-corrected chi connectivity index (χ4v) is 3.63. The molecule has 134 valence electrons. The highest BCUT2D eigenvalue weighted by molar-refractivity contribution is 6.00. The summed E-state index contributed by atoms with van der Waals surface area (Å²) in [4.78, 5) is 26.0. The zero-order chi connectivity index (χ0) is 17.6. The van der Waals surface area contributed by atoms with Crippen molar-refractivity contribution in [3.05, 3.63) is 0 Å². The molecule has 0 aromatic heterocycles. The van der Waals surface area contributed by atoms with E-state index in [1.165, 1.54) is 6.42 Å². The van der Waals surface area contributed by atoms with Gasteiger partial charge in [-0.05, 0) is 58.8 Å². The molecule has 0 spiro atoms. The van der Waals surface area contributed by atoms with E-state index >= 15 is 0 Å². The maximum absolute atomic E-state index is 13.0. The summed E-state index contributed by atoms with van der Waals surface area (Å²) >= 11 is 0. The predicted octanol–water partition coefficient (Wildman–Crippen LogP) is 4.50. The van der Waals surface area contributed by atoms with Gasteiger partial charge in [0.15, 0.2) is 5.41 Å². The molecule has 0 bridgehead atoms. The first-order chi connectivity index (χ1) is 10.7. The van der Waals surface area contributed by atoms with Crippen LogP contribution in [0.4, 0.5) is 0 Å². The highest BCUT2D eigenvalue weighted by atomic mass is 16.6. The van der Waals surface area contributed by atoms with Gasteiger partial charge >= 0.3 is 11.9 Å². The molecule has 0 atom stereocenters. The van der Waals surface area contributed by atoms with Crippen molar-refractivity contribution >= 4 is 11.9 Å². The van der Waals surface area contributed by atoms with Gasteiger partial charge in [0.2, 0.25) is 0 Å². The largest absolute Gasteiger partial charge is 0.462 e. The molecule has 1 saturated carbocycles. The van der Waals surface area contributed by atoms with E-state index < -0.39 is 17.4 Å². The minimum atomic E-state index is -1.15. The Labute approximate surface area is 141 Å². The number of hydrogen-bond donors (Lipinski definition) is 0. The first-order valence-corrected chi connectivity index (χ1v) is 9.12. The fourth-order valence-electron chi connectivity index (χ4n) is 3.63. The van der Waals surface area contributed by atoms with E-state index in [2.05, 4.69) is 0 Å². The predicted molar refractivity (Wildman–Crippen MR) is 90.9 cm³/mol. The van der Waals surface area contributed by atoms with Gasteiger partial charge in [-0.3, -0.25) is 9.59 Å². The molecule has 23 heavy (non-hydrogen) atoms. The average molecular weight is 326 g/mol. The third-order valence-electron chi connectivity index (χ3n) is 4.45. The van der Waals surface area contributed by atoms with E-state index in [0.29, 0.717) is 6.42 Å². The summed E-state index contributed by atoms with van der Waals surface area (Å²) in [6, 6.07) is 0. The van der Waals surface area contributed by atoms with Crippen LogP contribution in [0.1, 0.15) is 80.1 Å². The zero-order valence-electron chi connectivity index (χ0n) is 15.7. The highest BCUT2D eigenvalue weighted by Crippen LogP contribution is 2.45. The van der Waals surface area contributed by atoms with Crippen LogP contribution in [0.3, 0.4) is 0 Å². The number of esters is 2. The van der Waals surface area contributed by atoms with Crippen molar-refractivity contribution in [1.29, 1.82) is 0 Å². The van der Waals surface area contributed by atoms with Gasteiger partial charge in [0.05, 0.1) is 12.2 Å². The molecule has 1 rings (SSSR count). The Bertz CT molecular complexity index is 370. The molecule has 0 heterocycles. The maximum Gasteiger partial charge on any atom is 0.324 e. The molecule has 1 fully saturated rings. The smallest absolute Gasteiger partial charge is 0.324 e. The maximum atomic E-state index is 13.0. The number of ether oxygens (including phenoxy) is 2. The van der Waals surface area contributed by atoms with Gasteiger partial charge < -0.3 is 9.47 Å². The van der Waals surface area contributed by atoms with Crippen LogP contribution >= 0.6 is 0 Å². The number of carbonyl (C=O) groups excluding carboxylic acids is 2. The second kappa shape index (κ2) is 8.70. The summed E-state index contributed by atoms with van der Waals surface area (Å²) in [5.41, 5.74) is -1.15. The Morgan fingerprint density at radius 3 is 1.65 bits per heavy atom. The Hall–Kier alpha value is -1.06. The minimum Gasteiger partial charge on any atom is -0.462 e. The Balaban J connectivity index is 3.24. The van der Waals surface area contributed by atoms with Gasteiger partial charge in [-0.2, -0.15) is 0 Å². The lowest BCUT2D eigenvalue weighted by Crippen LogP contribution is -2.50. The van der Waals surface area contributed by atoms with Crippen LogP contribution < -0.4 is 0 Å². The van der Waals surface area contributed by atoms with Crippen molar-refractivity contribution in [3.8, 4) is 0 Å². The summed E-state index contributed by atoms with van der Waals surface area (Å²) in [6.07, 6.45) is 5.12. The van der Waals surface area contributed by atoms with Gasteiger partial charge in [-0.25, -0.2) is 0 Å². The summed E-state index contributed by atoms with van der Waals surface area (Å²) < 4.78 is 11.1. The van der Waals surface area contributed by atoms with E-state index in [1.807, 2.05) is 41.5 Å². The monoisotopic (exact) mass is 326 g/mol. The molecule has 0 unspecified atom stereocenters. The van der Waals surface area contributed by atoms with Crippen molar-refractivity contribution in [1.82, 2.24) is 0 Å². The van der Waals surface area contributed by atoms with Crippen LogP contribution in [0.5, 0.6) is 0 Å². The molecule has 0 N–H and O–H groups in total. The van der Waals surface area contributed by atoms with Crippen LogP contribution in [0.2, 0.25) is 0 Å². The van der Waals surface area contributed by atoms with Gasteiger partial charge in [-0.1, -0.05) is 33.1 Å². The van der Waals surface area contributed by atoms with Crippen LogP contribution in [0, 0.1) is 17.3 Å². The van der Waals surface area contributed by atoms with Gasteiger partial charge in [0.1, 0.15) is 0 Å². The van der Waals surface area contributed by atoms with Crippen molar-refractivity contribution in [2.45, 2.75) is 92.3 Å². The van der Waals surface area contributed by atoms with Crippen molar-refractivity contribution < 1.29 is 19.1 Å². The Morgan fingerprint density at radius 1 is 0.870 bits per heavy atom. The Kier molecular flexibility index (Phi) is 7.56. The van der Waals surface area contributed by atoms with Crippen molar-refractivity contribution in [2.75, 3.05) is 0 Å². The SMILES string of the molecule is CC(C)CC(C(=O)OC(C)C)(C(=O)OC(C)C)C1CCCCC1. The molecule has 1 aliphatic carbocycles. The molecule has 0 radical (unpaired) electrons. The molecule has 1 aliphatic rings. The lowest BCUT2D eigenvalue weighted by molar-refractivity contribution is -0.185. The van der Waals surface area contributed by atoms with Crippen LogP contribution in [0.25, 0.3) is 0 Å². The zero-order valence-corrected chi connectivity index (χ0v) is 15.7. The normalized spacial score (nSPS) is 16.9. The van der Waals surface area contributed by atoms with Gasteiger partial charge in [0, 0.05) is 0 Å². The van der Waals surface area contributed by atoms with Crippen LogP contribution in [-0.2, 0) is 19.1 Å². The van der Waals surface area contributed by atoms with Crippen molar-refractivity contribution in [2.24, 2.45) is 17.3 Å². The third-order valence-corrected chi connectivity index (χ3v) is 4.45. The molecular weight excluding hydrogens is 292 g/mol. The minimum absolute atomic E-state index is 0.0242. The van der Waals surface area contributed by atoms with Crippen molar-refractivity contribution in [3.63, 3.8) is 0 Å². The fraction of sp³-hybridized carbons (Fsp3) is 0.895. The van der Waals surface area contributed by atoms with Crippen LogP contribution in [-0.4, -0.2) is 24.1 Å². The molecular formula is C19H34O4. The topological polar surface area (TPSA) is 52.6 Å². The van der Waals surface area contributed by atoms with E-state index in [0.717, 1.165) is 25.7 Å². The second-order valence-electron chi connectivity index (χ2n) is 7.81. The number of carbonyl (C=O) groups is 2. The molecule has 4 heteroatoms. The van der Waals surface area contributed by atoms with E-state index in [4.69, 9.17) is 9.47 Å².